The molecule has 0 saturated carbocycles. The number of unbranched alkanes of at least 4 members (excludes halogenated alkanes) is 1. The number of Topliss-reactive ketones (excluding diaryl/α,β-unsaturated/α-hetero) is 1. The Kier molecular flexibility index (Phi) is 8.84. The molecule has 0 amide bonds. The average molecular weight is 486 g/mol. The lowest BCUT2D eigenvalue weighted by Crippen LogP contribution is -2.39. The molecule has 186 valence electrons. The van der Waals surface area contributed by atoms with Crippen molar-refractivity contribution < 1.29 is 9.21 Å². The maximum Gasteiger partial charge on any atom is 0.226 e. The standard InChI is InChI=1S/C28H40ClN3O2/c1-20-15-21(2)18-32(17-20)12-5-4-9-27(33)23-10-13-31(14-11-23)19-26-22(3)34-28(30-26)24-7-6-8-25(29)16-24/h6-8,16,20-21,23H,4-5,9-15,17-19H2,1-3H3. The molecule has 2 aliphatic rings. The zero-order valence-electron chi connectivity index (χ0n) is 21.1. The largest absolute Gasteiger partial charge is 0.441 e. The van der Waals surface area contributed by atoms with Crippen molar-refractivity contribution in [2.45, 2.75) is 65.8 Å². The minimum atomic E-state index is 0.228. The Bertz CT molecular complexity index is 941. The molecule has 34 heavy (non-hydrogen) atoms. The summed E-state index contributed by atoms with van der Waals surface area (Å²) in [5.74, 6) is 3.78. The number of piperidine rings is 2. The summed E-state index contributed by atoms with van der Waals surface area (Å²) in [7, 11) is 0. The second kappa shape index (κ2) is 11.8. The van der Waals surface area contributed by atoms with E-state index in [2.05, 4.69) is 23.6 Å². The Hall–Kier alpha value is -1.69. The van der Waals surface area contributed by atoms with Crippen molar-refractivity contribution in [3.63, 3.8) is 0 Å². The lowest BCUT2D eigenvalue weighted by Gasteiger charge is -2.35. The van der Waals surface area contributed by atoms with Crippen molar-refractivity contribution in [1.29, 1.82) is 0 Å². The molecular formula is C28H40ClN3O2. The van der Waals surface area contributed by atoms with Crippen LogP contribution in [0.25, 0.3) is 11.5 Å². The molecule has 2 atom stereocenters. The summed E-state index contributed by atoms with van der Waals surface area (Å²) in [4.78, 5) is 22.5. The van der Waals surface area contributed by atoms with E-state index in [0.717, 1.165) is 87.1 Å². The number of aromatic nitrogens is 1. The highest BCUT2D eigenvalue weighted by atomic mass is 35.5. The minimum Gasteiger partial charge on any atom is -0.441 e. The van der Waals surface area contributed by atoms with Crippen LogP contribution in [0.5, 0.6) is 0 Å². The number of hydrogen-bond acceptors (Lipinski definition) is 5. The van der Waals surface area contributed by atoms with E-state index in [9.17, 15) is 4.79 Å². The van der Waals surface area contributed by atoms with Crippen LogP contribution in [-0.2, 0) is 11.3 Å². The van der Waals surface area contributed by atoms with E-state index in [0.29, 0.717) is 16.7 Å². The normalized spacial score (nSPS) is 22.8. The fourth-order valence-electron chi connectivity index (χ4n) is 5.76. The Labute approximate surface area is 209 Å². The first-order chi connectivity index (χ1) is 16.4. The molecule has 0 radical (unpaired) electrons. The topological polar surface area (TPSA) is 49.6 Å². The Morgan fingerprint density at radius 2 is 1.85 bits per heavy atom. The third-order valence-electron chi connectivity index (χ3n) is 7.47. The molecule has 6 heteroatoms. The molecule has 3 heterocycles. The number of carbonyl (C=O) groups is 1. The quantitative estimate of drug-likeness (QED) is 0.394. The minimum absolute atomic E-state index is 0.228. The smallest absolute Gasteiger partial charge is 0.226 e. The SMILES string of the molecule is Cc1oc(-c2cccc(Cl)c2)nc1CN1CCC(C(=O)CCCCN2CC(C)CC(C)C2)CC1. The highest BCUT2D eigenvalue weighted by Gasteiger charge is 2.26. The van der Waals surface area contributed by atoms with Gasteiger partial charge in [-0.25, -0.2) is 4.98 Å². The number of rotatable bonds is 9. The van der Waals surface area contributed by atoms with Crippen LogP contribution in [0, 0.1) is 24.7 Å². The van der Waals surface area contributed by atoms with Crippen molar-refractivity contribution in [3.05, 3.63) is 40.7 Å². The maximum absolute atomic E-state index is 12.8. The summed E-state index contributed by atoms with van der Waals surface area (Å²) in [6.07, 6.45) is 6.19. The van der Waals surface area contributed by atoms with Crippen molar-refractivity contribution >= 4 is 17.4 Å². The van der Waals surface area contributed by atoms with E-state index in [1.807, 2.05) is 31.2 Å². The van der Waals surface area contributed by atoms with Gasteiger partial charge in [-0.15, -0.1) is 0 Å². The third kappa shape index (κ3) is 6.93. The Morgan fingerprint density at radius 3 is 2.56 bits per heavy atom. The first-order valence-corrected chi connectivity index (χ1v) is 13.4. The van der Waals surface area contributed by atoms with Crippen LogP contribution >= 0.6 is 11.6 Å². The molecule has 0 bridgehead atoms. The summed E-state index contributed by atoms with van der Waals surface area (Å²) in [6, 6.07) is 7.60. The fraction of sp³-hybridized carbons (Fsp3) is 0.643. The molecule has 4 rings (SSSR count). The van der Waals surface area contributed by atoms with E-state index in [1.165, 1.54) is 19.5 Å². The molecule has 2 unspecified atom stereocenters. The van der Waals surface area contributed by atoms with Crippen LogP contribution in [0.2, 0.25) is 5.02 Å². The zero-order chi connectivity index (χ0) is 24.1. The Morgan fingerprint density at radius 1 is 1.12 bits per heavy atom. The number of carbonyl (C=O) groups excluding carboxylic acids is 1. The molecule has 5 nitrogen and oxygen atoms in total. The van der Waals surface area contributed by atoms with Crippen LogP contribution in [0.4, 0.5) is 0 Å². The Balaban J connectivity index is 1.17. The summed E-state index contributed by atoms with van der Waals surface area (Å²) < 4.78 is 5.91. The monoisotopic (exact) mass is 485 g/mol. The molecule has 1 aromatic carbocycles. The van der Waals surface area contributed by atoms with Gasteiger partial charge in [0.2, 0.25) is 5.89 Å². The number of ketones is 1. The number of halogens is 1. The number of hydrogen-bond donors (Lipinski definition) is 0. The van der Waals surface area contributed by atoms with Gasteiger partial charge in [0.15, 0.2) is 0 Å². The van der Waals surface area contributed by atoms with Crippen LogP contribution in [0.15, 0.2) is 28.7 Å². The highest BCUT2D eigenvalue weighted by molar-refractivity contribution is 6.30. The molecule has 1 aromatic heterocycles. The van der Waals surface area contributed by atoms with Crippen LogP contribution in [-0.4, -0.2) is 53.3 Å². The van der Waals surface area contributed by atoms with Gasteiger partial charge in [-0.05, 0) is 88.7 Å². The first kappa shape index (κ1) is 25.4. The van der Waals surface area contributed by atoms with Crippen LogP contribution in [0.3, 0.4) is 0 Å². The fourth-order valence-corrected chi connectivity index (χ4v) is 5.95. The summed E-state index contributed by atoms with van der Waals surface area (Å²) in [6.45, 7) is 12.9. The molecule has 2 aromatic rings. The van der Waals surface area contributed by atoms with Crippen molar-refractivity contribution in [2.24, 2.45) is 17.8 Å². The van der Waals surface area contributed by atoms with E-state index in [-0.39, 0.29) is 5.92 Å². The van der Waals surface area contributed by atoms with Gasteiger partial charge in [0, 0.05) is 42.6 Å². The number of likely N-dealkylation sites (tertiary alicyclic amines) is 2. The second-order valence-electron chi connectivity index (χ2n) is 10.7. The van der Waals surface area contributed by atoms with Gasteiger partial charge in [-0.2, -0.15) is 0 Å². The average Bonchev–Trinajstić information content (AvgIpc) is 3.16. The van der Waals surface area contributed by atoms with Gasteiger partial charge in [0.25, 0.3) is 0 Å². The van der Waals surface area contributed by atoms with Crippen LogP contribution < -0.4 is 0 Å². The predicted octanol–water partition coefficient (Wildman–Crippen LogP) is 6.23. The zero-order valence-corrected chi connectivity index (χ0v) is 21.8. The van der Waals surface area contributed by atoms with E-state index in [4.69, 9.17) is 21.0 Å². The number of oxazole rings is 1. The van der Waals surface area contributed by atoms with Gasteiger partial charge in [0.05, 0.1) is 5.69 Å². The van der Waals surface area contributed by atoms with Gasteiger partial charge >= 0.3 is 0 Å². The molecular weight excluding hydrogens is 446 g/mol. The van der Waals surface area contributed by atoms with Crippen molar-refractivity contribution in [1.82, 2.24) is 14.8 Å². The lowest BCUT2D eigenvalue weighted by atomic mass is 9.89. The molecule has 0 aliphatic carbocycles. The molecule has 0 spiro atoms. The van der Waals surface area contributed by atoms with Gasteiger partial charge in [-0.3, -0.25) is 9.69 Å². The predicted molar refractivity (Wildman–Crippen MR) is 138 cm³/mol. The molecule has 2 aliphatic heterocycles. The van der Waals surface area contributed by atoms with Crippen molar-refractivity contribution in [2.75, 3.05) is 32.7 Å². The highest BCUT2D eigenvalue weighted by Crippen LogP contribution is 2.27. The van der Waals surface area contributed by atoms with E-state index < -0.39 is 0 Å². The molecule has 0 N–H and O–H groups in total. The van der Waals surface area contributed by atoms with Crippen molar-refractivity contribution in [3.8, 4) is 11.5 Å². The summed E-state index contributed by atoms with van der Waals surface area (Å²) in [5.41, 5.74) is 1.87. The van der Waals surface area contributed by atoms with Crippen LogP contribution in [0.1, 0.15) is 63.8 Å². The van der Waals surface area contributed by atoms with E-state index >= 15 is 0 Å². The van der Waals surface area contributed by atoms with Gasteiger partial charge in [0.1, 0.15) is 11.5 Å². The molecule has 2 fully saturated rings. The number of aryl methyl sites for hydroxylation is 1. The number of benzene rings is 1. The lowest BCUT2D eigenvalue weighted by molar-refractivity contribution is -0.124. The van der Waals surface area contributed by atoms with Gasteiger partial charge in [-0.1, -0.05) is 31.5 Å². The van der Waals surface area contributed by atoms with E-state index in [1.54, 1.807) is 0 Å². The van der Waals surface area contributed by atoms with Gasteiger partial charge < -0.3 is 9.32 Å². The molecule has 2 saturated heterocycles. The summed E-state index contributed by atoms with van der Waals surface area (Å²) in [5, 5.41) is 0.678. The maximum atomic E-state index is 12.8. The summed E-state index contributed by atoms with van der Waals surface area (Å²) >= 11 is 6.11. The first-order valence-electron chi connectivity index (χ1n) is 13.1. The number of nitrogens with zero attached hydrogens (tertiary/aromatic N) is 3. The third-order valence-corrected chi connectivity index (χ3v) is 7.71. The second-order valence-corrected chi connectivity index (χ2v) is 11.1.